The minimum absolute atomic E-state index is 0.197. The number of nitrogens with zero attached hydrogens (tertiary/aromatic N) is 2. The normalized spacial score (nSPS) is 20.4. The van der Waals surface area contributed by atoms with Crippen molar-refractivity contribution >= 4 is 50.6 Å². The molecular formula is C80H64N2OS. The highest BCUT2D eigenvalue weighted by Crippen LogP contribution is 2.66. The maximum absolute atomic E-state index is 7.29. The molecule has 1 aromatic heterocycles. The number of benzene rings is 10. The number of hydrogen-bond donors (Lipinski definition) is 0. The fourth-order valence-corrected chi connectivity index (χ4v) is 18.8. The molecule has 0 radical (unpaired) electrons. The van der Waals surface area contributed by atoms with Gasteiger partial charge in [-0.15, -0.1) is 11.8 Å². The molecule has 0 bridgehead atoms. The number of aromatic nitrogens is 1. The Morgan fingerprint density at radius 1 is 0.417 bits per heavy atom. The summed E-state index contributed by atoms with van der Waals surface area (Å²) in [4.78, 5) is 3.99. The Bertz CT molecular complexity index is 4460. The number of ether oxygens (including phenoxy) is 1. The molecule has 10 aromatic carbocycles. The summed E-state index contributed by atoms with van der Waals surface area (Å²) in [5.41, 5.74) is 23.3. The number of anilines is 3. The van der Waals surface area contributed by atoms with Gasteiger partial charge in [0.05, 0.1) is 33.2 Å². The molecule has 2 spiro atoms. The summed E-state index contributed by atoms with van der Waals surface area (Å²) in [5.74, 6) is 3.20. The highest BCUT2D eigenvalue weighted by molar-refractivity contribution is 8.00. The van der Waals surface area contributed by atoms with Gasteiger partial charge in [0.25, 0.3) is 0 Å². The van der Waals surface area contributed by atoms with E-state index >= 15 is 0 Å². The zero-order chi connectivity index (χ0) is 55.1. The van der Waals surface area contributed by atoms with Crippen molar-refractivity contribution in [3.63, 3.8) is 0 Å². The second kappa shape index (κ2) is 19.0. The molecule has 0 saturated heterocycles. The highest BCUT2D eigenvalue weighted by atomic mass is 32.2. The molecule has 0 amide bonds. The van der Waals surface area contributed by atoms with Crippen molar-refractivity contribution in [1.29, 1.82) is 0 Å². The Balaban J connectivity index is 0.931. The quantitative estimate of drug-likeness (QED) is 0.165. The van der Waals surface area contributed by atoms with Crippen LogP contribution in [0.3, 0.4) is 0 Å². The lowest BCUT2D eigenvalue weighted by Gasteiger charge is -2.47. The van der Waals surface area contributed by atoms with Gasteiger partial charge in [-0.2, -0.15) is 0 Å². The second-order valence-corrected chi connectivity index (χ2v) is 26.2. The first kappa shape index (κ1) is 48.9. The summed E-state index contributed by atoms with van der Waals surface area (Å²) < 4.78 is 9.80. The monoisotopic (exact) mass is 1100 g/mol. The lowest BCUT2D eigenvalue weighted by Crippen LogP contribution is -2.43. The summed E-state index contributed by atoms with van der Waals surface area (Å²) in [6, 6.07) is 84.8. The van der Waals surface area contributed by atoms with Crippen molar-refractivity contribution in [2.24, 2.45) is 5.92 Å². The number of fused-ring (bicyclic) bond motifs is 21. The van der Waals surface area contributed by atoms with Crippen LogP contribution in [-0.4, -0.2) is 9.82 Å². The van der Waals surface area contributed by atoms with Crippen molar-refractivity contribution in [1.82, 2.24) is 4.57 Å². The van der Waals surface area contributed by atoms with E-state index in [-0.39, 0.29) is 11.2 Å². The van der Waals surface area contributed by atoms with E-state index < -0.39 is 10.8 Å². The van der Waals surface area contributed by atoms with E-state index in [9.17, 15) is 0 Å². The molecule has 3 nitrogen and oxygen atoms in total. The standard InChI is InChI=1S/C80H64N2OS/c1-3-21-51(22-4-1)53-39-45-75-69(47-53)80(70-48-54(40-46-76(70)83-75)52-23-5-2-6-24-52)64-30-12-8-26-58(64)60-44-42-56(50-68(60)80)81(73-35-17-18-36-74(73)82-71-33-15-9-27-61(71)62-28-10-16-34-72(62)82)55-41-43-59-57-25-7-11-29-63(57)79(67(59)49-55)65-31-13-19-37-77(65)84-78-38-20-14-32-66(78)79/h7-20,25-52,65,77H,1-6,21-24H2. The van der Waals surface area contributed by atoms with Gasteiger partial charge < -0.3 is 14.2 Å². The van der Waals surface area contributed by atoms with Crippen molar-refractivity contribution < 1.29 is 4.74 Å². The van der Waals surface area contributed by atoms with E-state index in [0.717, 1.165) is 34.2 Å². The predicted molar refractivity (Wildman–Crippen MR) is 348 cm³/mol. The van der Waals surface area contributed by atoms with Gasteiger partial charge in [-0.3, -0.25) is 0 Å². The zero-order valence-electron chi connectivity index (χ0n) is 47.2. The summed E-state index contributed by atoms with van der Waals surface area (Å²) in [5, 5.41) is 2.77. The van der Waals surface area contributed by atoms with Gasteiger partial charge in [-0.1, -0.05) is 214 Å². The fourth-order valence-electron chi connectivity index (χ4n) is 17.3. The van der Waals surface area contributed by atoms with Gasteiger partial charge in [-0.05, 0) is 165 Å². The minimum Gasteiger partial charge on any atom is -0.457 e. The van der Waals surface area contributed by atoms with Crippen molar-refractivity contribution in [2.45, 2.75) is 97.0 Å². The number of hydrogen-bond acceptors (Lipinski definition) is 3. The molecular weight excluding hydrogens is 1040 g/mol. The van der Waals surface area contributed by atoms with Crippen LogP contribution in [0.2, 0.25) is 0 Å². The van der Waals surface area contributed by atoms with Gasteiger partial charge in [-0.25, -0.2) is 0 Å². The Hall–Kier alpha value is -8.57. The molecule has 4 heteroatoms. The number of para-hydroxylation sites is 4. The molecule has 3 heterocycles. The maximum Gasteiger partial charge on any atom is 0.132 e. The first-order valence-corrected chi connectivity index (χ1v) is 32.0. The van der Waals surface area contributed by atoms with Gasteiger partial charge in [0, 0.05) is 49.3 Å². The van der Waals surface area contributed by atoms with E-state index in [1.54, 1.807) is 0 Å². The van der Waals surface area contributed by atoms with Crippen LogP contribution in [0.25, 0.3) is 49.7 Å². The lowest BCUT2D eigenvalue weighted by atomic mass is 9.62. The van der Waals surface area contributed by atoms with Gasteiger partial charge in [0.2, 0.25) is 0 Å². The predicted octanol–water partition coefficient (Wildman–Crippen LogP) is 21.3. The van der Waals surface area contributed by atoms with E-state index in [1.807, 2.05) is 11.8 Å². The van der Waals surface area contributed by atoms with E-state index in [0.29, 0.717) is 11.8 Å². The van der Waals surface area contributed by atoms with Crippen LogP contribution < -0.4 is 9.64 Å². The summed E-state index contributed by atoms with van der Waals surface area (Å²) in [6.45, 7) is 0. The second-order valence-electron chi connectivity index (χ2n) is 25.0. The summed E-state index contributed by atoms with van der Waals surface area (Å²) >= 11 is 2.02. The highest BCUT2D eigenvalue weighted by Gasteiger charge is 2.56. The molecule has 84 heavy (non-hydrogen) atoms. The Morgan fingerprint density at radius 2 is 0.940 bits per heavy atom. The van der Waals surface area contributed by atoms with Crippen molar-refractivity contribution in [2.75, 3.05) is 4.90 Å². The maximum atomic E-state index is 7.29. The average Bonchev–Trinajstić information content (AvgIpc) is 1.77. The van der Waals surface area contributed by atoms with E-state index in [4.69, 9.17) is 4.74 Å². The lowest BCUT2D eigenvalue weighted by molar-refractivity contribution is 0.424. The molecule has 2 aliphatic heterocycles. The third-order valence-corrected chi connectivity index (χ3v) is 22.2. The van der Waals surface area contributed by atoms with Crippen LogP contribution in [0.4, 0.5) is 17.1 Å². The number of allylic oxidation sites excluding steroid dienone is 3. The Morgan fingerprint density at radius 3 is 1.62 bits per heavy atom. The SMILES string of the molecule is C1=CC2Sc3ccccc3C3(c4ccccc4-c4ccc(N(c5ccc6c(c5)C5(c7cc(C8CCCCC8)ccc7Oc7ccc(C8CCCCC8)cc75)c5ccccc5-6)c5ccccc5-n5c6ccccc6c6ccccc65)cc43)C2C=C1. The summed E-state index contributed by atoms with van der Waals surface area (Å²) in [6.07, 6.45) is 22.3. The van der Waals surface area contributed by atoms with Crippen molar-refractivity contribution in [3.05, 3.63) is 293 Å². The molecule has 3 atom stereocenters. The van der Waals surface area contributed by atoms with E-state index in [2.05, 4.69) is 252 Å². The van der Waals surface area contributed by atoms with Gasteiger partial charge in [0.15, 0.2) is 0 Å². The topological polar surface area (TPSA) is 17.4 Å². The molecule has 5 aliphatic carbocycles. The Labute approximate surface area is 497 Å². The number of thioether (sulfide) groups is 1. The van der Waals surface area contributed by atoms with Crippen molar-refractivity contribution in [3.8, 4) is 39.4 Å². The third-order valence-electron chi connectivity index (χ3n) is 20.9. The van der Waals surface area contributed by atoms with Crippen LogP contribution in [-0.2, 0) is 10.8 Å². The first-order valence-electron chi connectivity index (χ1n) is 31.1. The van der Waals surface area contributed by atoms with Gasteiger partial charge in [0.1, 0.15) is 11.5 Å². The average molecular weight is 1100 g/mol. The molecule has 7 aliphatic rings. The molecule has 18 rings (SSSR count). The Kier molecular flexibility index (Phi) is 11.0. The van der Waals surface area contributed by atoms with Crippen LogP contribution >= 0.6 is 11.8 Å². The van der Waals surface area contributed by atoms with Crippen LogP contribution in [0.15, 0.2) is 248 Å². The number of rotatable bonds is 6. The first-order chi connectivity index (χ1) is 41.7. The zero-order valence-corrected chi connectivity index (χ0v) is 48.0. The van der Waals surface area contributed by atoms with Crippen LogP contribution in [0.5, 0.6) is 11.5 Å². The fraction of sp³-hybridized carbons (Fsp3) is 0.200. The van der Waals surface area contributed by atoms with Gasteiger partial charge >= 0.3 is 0 Å². The minimum atomic E-state index is -0.652. The molecule has 0 N–H and O–H groups in total. The molecule has 406 valence electrons. The third kappa shape index (κ3) is 6.89. The molecule has 2 fully saturated rings. The molecule has 3 unspecified atom stereocenters. The summed E-state index contributed by atoms with van der Waals surface area (Å²) in [7, 11) is 0. The van der Waals surface area contributed by atoms with Crippen LogP contribution in [0, 0.1) is 5.92 Å². The molecule has 2 saturated carbocycles. The molecule has 11 aromatic rings. The van der Waals surface area contributed by atoms with E-state index in [1.165, 1.54) is 163 Å². The largest absolute Gasteiger partial charge is 0.457 e. The van der Waals surface area contributed by atoms with Crippen LogP contribution in [0.1, 0.15) is 126 Å². The smallest absolute Gasteiger partial charge is 0.132 e.